The molecule has 0 atom stereocenters. The van der Waals surface area contributed by atoms with E-state index in [0.717, 1.165) is 9.87 Å². The fourth-order valence-corrected chi connectivity index (χ4v) is 4.90. The summed E-state index contributed by atoms with van der Waals surface area (Å²) in [6.07, 6.45) is 1.38. The van der Waals surface area contributed by atoms with E-state index in [1.54, 1.807) is 42.5 Å². The third kappa shape index (κ3) is 6.27. The molecule has 3 rings (SSSR count). The van der Waals surface area contributed by atoms with E-state index < -0.39 is 22.5 Å². The van der Waals surface area contributed by atoms with Crippen molar-refractivity contribution in [1.82, 2.24) is 5.43 Å². The van der Waals surface area contributed by atoms with Crippen LogP contribution in [0.15, 0.2) is 70.7 Å². The Hall–Kier alpha value is -3.76. The first-order chi connectivity index (χ1) is 17.2. The van der Waals surface area contributed by atoms with Crippen LogP contribution in [0.4, 0.5) is 5.69 Å². The van der Waals surface area contributed by atoms with Gasteiger partial charge in [-0.3, -0.25) is 9.10 Å². The molecule has 0 fully saturated rings. The molecule has 3 aromatic carbocycles. The lowest BCUT2D eigenvalue weighted by Gasteiger charge is -2.24. The average molecular weight is 532 g/mol. The molecule has 1 N–H and O–H groups in total. The van der Waals surface area contributed by atoms with Crippen molar-refractivity contribution in [3.05, 3.63) is 76.8 Å². The Morgan fingerprint density at radius 3 is 2.19 bits per heavy atom. The lowest BCUT2D eigenvalue weighted by molar-refractivity contribution is -0.119. The SMILES string of the molecule is COc1cc(/C=N\NC(=O)CN(c2cccc(Cl)c2)S(=O)(=O)c2ccc(C)cc2)cc(OC)c1OC. The van der Waals surface area contributed by atoms with Gasteiger partial charge in [0.15, 0.2) is 11.5 Å². The highest BCUT2D eigenvalue weighted by Crippen LogP contribution is 2.37. The highest BCUT2D eigenvalue weighted by molar-refractivity contribution is 7.92. The van der Waals surface area contributed by atoms with Gasteiger partial charge >= 0.3 is 0 Å². The summed E-state index contributed by atoms with van der Waals surface area (Å²) in [5.41, 5.74) is 4.07. The molecule has 9 nitrogen and oxygen atoms in total. The molecule has 0 spiro atoms. The van der Waals surface area contributed by atoms with Gasteiger partial charge < -0.3 is 14.2 Å². The molecule has 0 radical (unpaired) electrons. The zero-order chi connectivity index (χ0) is 26.3. The number of halogens is 1. The first-order valence-corrected chi connectivity index (χ1v) is 12.5. The fourth-order valence-electron chi connectivity index (χ4n) is 3.30. The van der Waals surface area contributed by atoms with Gasteiger partial charge in [0.1, 0.15) is 6.54 Å². The number of carbonyl (C=O) groups is 1. The second-order valence-electron chi connectivity index (χ2n) is 7.56. The van der Waals surface area contributed by atoms with Gasteiger partial charge in [-0.05, 0) is 49.4 Å². The monoisotopic (exact) mass is 531 g/mol. The Morgan fingerprint density at radius 1 is 1.00 bits per heavy atom. The quantitative estimate of drug-likeness (QED) is 0.313. The standard InChI is InChI=1S/C25H26ClN3O6S/c1-17-8-10-21(11-9-17)36(31,32)29(20-7-5-6-19(26)14-20)16-24(30)28-27-15-18-12-22(33-2)25(35-4)23(13-18)34-3/h5-15H,16H2,1-4H3,(H,28,30)/b27-15-. The van der Waals surface area contributed by atoms with Crippen LogP contribution in [0.2, 0.25) is 5.02 Å². The van der Waals surface area contributed by atoms with Crippen LogP contribution in [0, 0.1) is 6.92 Å². The maximum Gasteiger partial charge on any atom is 0.264 e. The van der Waals surface area contributed by atoms with Crippen LogP contribution < -0.4 is 23.9 Å². The molecule has 1 amide bonds. The number of nitrogens with one attached hydrogen (secondary N) is 1. The third-order valence-corrected chi connectivity index (χ3v) is 7.11. The lowest BCUT2D eigenvalue weighted by Crippen LogP contribution is -2.39. The summed E-state index contributed by atoms with van der Waals surface area (Å²) in [5, 5.41) is 4.29. The van der Waals surface area contributed by atoms with Gasteiger partial charge in [-0.15, -0.1) is 0 Å². The largest absolute Gasteiger partial charge is 0.493 e. The summed E-state index contributed by atoms with van der Waals surface area (Å²) in [5.74, 6) is 0.593. The van der Waals surface area contributed by atoms with Crippen molar-refractivity contribution in [3.8, 4) is 17.2 Å². The second kappa shape index (κ2) is 11.8. The molecule has 11 heteroatoms. The topological polar surface area (TPSA) is 107 Å². The summed E-state index contributed by atoms with van der Waals surface area (Å²) in [4.78, 5) is 12.8. The van der Waals surface area contributed by atoms with Crippen LogP contribution in [0.25, 0.3) is 0 Å². The van der Waals surface area contributed by atoms with Crippen LogP contribution >= 0.6 is 11.6 Å². The minimum Gasteiger partial charge on any atom is -0.493 e. The Bertz CT molecular complexity index is 1340. The summed E-state index contributed by atoms with van der Waals surface area (Å²) >= 11 is 6.09. The van der Waals surface area contributed by atoms with Crippen LogP contribution in [0.1, 0.15) is 11.1 Å². The van der Waals surface area contributed by atoms with E-state index in [-0.39, 0.29) is 10.6 Å². The minimum absolute atomic E-state index is 0.0433. The molecule has 0 heterocycles. The number of hydrogen-bond donors (Lipinski definition) is 1. The van der Waals surface area contributed by atoms with Gasteiger partial charge in [0.2, 0.25) is 5.75 Å². The molecule has 0 unspecified atom stereocenters. The number of benzene rings is 3. The van der Waals surface area contributed by atoms with Gasteiger partial charge in [0.05, 0.1) is 38.1 Å². The zero-order valence-corrected chi connectivity index (χ0v) is 21.8. The highest BCUT2D eigenvalue weighted by Gasteiger charge is 2.27. The summed E-state index contributed by atoms with van der Waals surface area (Å²) in [6, 6.07) is 15.9. The third-order valence-electron chi connectivity index (χ3n) is 5.08. The van der Waals surface area contributed by atoms with Crippen molar-refractivity contribution in [2.24, 2.45) is 5.10 Å². The molecular weight excluding hydrogens is 506 g/mol. The number of methoxy groups -OCH3 is 3. The highest BCUT2D eigenvalue weighted by atomic mass is 35.5. The number of carbonyl (C=O) groups excluding carboxylic acids is 1. The molecule has 190 valence electrons. The predicted molar refractivity (Wildman–Crippen MR) is 139 cm³/mol. The lowest BCUT2D eigenvalue weighted by atomic mass is 10.2. The van der Waals surface area contributed by atoms with E-state index >= 15 is 0 Å². The maximum atomic E-state index is 13.4. The van der Waals surface area contributed by atoms with Crippen LogP contribution in [0.5, 0.6) is 17.2 Å². The molecule has 36 heavy (non-hydrogen) atoms. The average Bonchev–Trinajstić information content (AvgIpc) is 2.86. The minimum atomic E-state index is -4.07. The zero-order valence-electron chi connectivity index (χ0n) is 20.2. The Kier molecular flexibility index (Phi) is 8.78. The molecule has 0 aliphatic heterocycles. The normalized spacial score (nSPS) is 11.2. The van der Waals surface area contributed by atoms with Crippen molar-refractivity contribution in [1.29, 1.82) is 0 Å². The number of amides is 1. The number of anilines is 1. The van der Waals surface area contributed by atoms with Crippen molar-refractivity contribution in [2.75, 3.05) is 32.2 Å². The van der Waals surface area contributed by atoms with Crippen LogP contribution in [0.3, 0.4) is 0 Å². The Balaban J connectivity index is 1.84. The Morgan fingerprint density at radius 2 is 1.64 bits per heavy atom. The number of aryl methyl sites for hydroxylation is 1. The van der Waals surface area contributed by atoms with E-state index in [1.165, 1.54) is 45.7 Å². The summed E-state index contributed by atoms with van der Waals surface area (Å²) in [7, 11) is 0.390. The van der Waals surface area contributed by atoms with Gasteiger partial charge in [-0.1, -0.05) is 35.4 Å². The van der Waals surface area contributed by atoms with Gasteiger partial charge in [-0.2, -0.15) is 5.10 Å². The van der Waals surface area contributed by atoms with Gasteiger partial charge in [0.25, 0.3) is 15.9 Å². The molecular formula is C25H26ClN3O6S. The van der Waals surface area contributed by atoms with Crippen molar-refractivity contribution in [3.63, 3.8) is 0 Å². The van der Waals surface area contributed by atoms with E-state index in [4.69, 9.17) is 25.8 Å². The molecule has 0 saturated carbocycles. The summed E-state index contributed by atoms with van der Waals surface area (Å²) in [6.45, 7) is 1.33. The van der Waals surface area contributed by atoms with E-state index in [2.05, 4.69) is 10.5 Å². The number of ether oxygens (including phenoxy) is 3. The van der Waals surface area contributed by atoms with Gasteiger partial charge in [0, 0.05) is 10.6 Å². The van der Waals surface area contributed by atoms with Crippen molar-refractivity contribution in [2.45, 2.75) is 11.8 Å². The predicted octanol–water partition coefficient (Wildman–Crippen LogP) is 4.02. The van der Waals surface area contributed by atoms with Gasteiger partial charge in [-0.25, -0.2) is 13.8 Å². The maximum absolute atomic E-state index is 13.4. The second-order valence-corrected chi connectivity index (χ2v) is 9.86. The smallest absolute Gasteiger partial charge is 0.264 e. The van der Waals surface area contributed by atoms with Crippen LogP contribution in [-0.4, -0.2) is 48.4 Å². The fraction of sp³-hybridized carbons (Fsp3) is 0.200. The van der Waals surface area contributed by atoms with E-state index in [1.807, 2.05) is 6.92 Å². The number of hydrogen-bond acceptors (Lipinski definition) is 7. The molecule has 0 aliphatic carbocycles. The van der Waals surface area contributed by atoms with Crippen molar-refractivity contribution < 1.29 is 27.4 Å². The van der Waals surface area contributed by atoms with E-state index in [0.29, 0.717) is 27.8 Å². The first kappa shape index (κ1) is 26.8. The first-order valence-electron chi connectivity index (χ1n) is 10.7. The molecule has 0 saturated heterocycles. The Labute approximate surface area is 215 Å². The number of hydrazone groups is 1. The molecule has 0 aromatic heterocycles. The summed E-state index contributed by atoms with van der Waals surface area (Å²) < 4.78 is 43.7. The molecule has 3 aromatic rings. The molecule has 0 aliphatic rings. The number of rotatable bonds is 10. The van der Waals surface area contributed by atoms with Crippen LogP contribution in [-0.2, 0) is 14.8 Å². The number of nitrogens with zero attached hydrogens (tertiary/aromatic N) is 2. The van der Waals surface area contributed by atoms with Crippen molar-refractivity contribution >= 4 is 39.4 Å². The van der Waals surface area contributed by atoms with E-state index in [9.17, 15) is 13.2 Å². The number of sulfonamides is 1. The molecule has 0 bridgehead atoms.